The molecule has 2 heterocycles. The number of rotatable bonds is 6. The van der Waals surface area contributed by atoms with Crippen molar-refractivity contribution in [1.82, 2.24) is 9.88 Å². The molecule has 3 atom stereocenters. The Morgan fingerprint density at radius 2 is 1.90 bits per heavy atom. The van der Waals surface area contributed by atoms with Crippen LogP contribution in [0.5, 0.6) is 0 Å². The van der Waals surface area contributed by atoms with Crippen molar-refractivity contribution in [2.45, 2.75) is 44.5 Å². The maximum absolute atomic E-state index is 13.1. The van der Waals surface area contributed by atoms with Crippen LogP contribution in [-0.2, 0) is 4.79 Å². The number of halogens is 1. The summed E-state index contributed by atoms with van der Waals surface area (Å²) in [4.78, 5) is 21.4. The highest BCUT2D eigenvalue weighted by Crippen LogP contribution is 2.29. The second-order valence-electron chi connectivity index (χ2n) is 7.74. The van der Waals surface area contributed by atoms with Crippen molar-refractivity contribution in [2.24, 2.45) is 0 Å². The lowest BCUT2D eigenvalue weighted by Gasteiger charge is -2.45. The van der Waals surface area contributed by atoms with E-state index in [2.05, 4.69) is 36.7 Å². The normalized spacial score (nSPS) is 20.0. The fraction of sp³-hybridized carbons (Fsp3) is 0.435. The van der Waals surface area contributed by atoms with Gasteiger partial charge in [-0.05, 0) is 50.6 Å². The molecule has 5 nitrogen and oxygen atoms in total. The van der Waals surface area contributed by atoms with Crippen LogP contribution in [0.2, 0.25) is 0 Å². The lowest BCUT2D eigenvalue weighted by atomic mass is 10.1. The van der Waals surface area contributed by atoms with Crippen LogP contribution >= 0.6 is 11.8 Å². The molecule has 0 radical (unpaired) electrons. The Bertz CT molecular complexity index is 885. The van der Waals surface area contributed by atoms with Gasteiger partial charge in [0.05, 0.1) is 5.56 Å². The number of aromatic nitrogens is 1. The van der Waals surface area contributed by atoms with E-state index < -0.39 is 0 Å². The Labute approximate surface area is 181 Å². The Kier molecular flexibility index (Phi) is 7.33. The lowest BCUT2D eigenvalue weighted by molar-refractivity contribution is -0.132. The van der Waals surface area contributed by atoms with Crippen molar-refractivity contribution >= 4 is 23.5 Å². The number of nitriles is 1. The van der Waals surface area contributed by atoms with Crippen molar-refractivity contribution in [3.63, 3.8) is 0 Å². The maximum Gasteiger partial charge on any atom is 0.223 e. The predicted molar refractivity (Wildman–Crippen MR) is 119 cm³/mol. The first-order chi connectivity index (χ1) is 14.4. The van der Waals surface area contributed by atoms with Crippen LogP contribution in [0.25, 0.3) is 0 Å². The van der Waals surface area contributed by atoms with E-state index in [9.17, 15) is 9.18 Å². The van der Waals surface area contributed by atoms with E-state index in [-0.39, 0.29) is 29.1 Å². The molecule has 3 rings (SSSR count). The minimum Gasteiger partial charge on any atom is -0.348 e. The topological polar surface area (TPSA) is 60.2 Å². The first-order valence-electron chi connectivity index (χ1n) is 10.2. The van der Waals surface area contributed by atoms with E-state index in [1.54, 1.807) is 36.2 Å². The van der Waals surface area contributed by atoms with E-state index in [4.69, 9.17) is 5.26 Å². The van der Waals surface area contributed by atoms with Gasteiger partial charge in [-0.2, -0.15) is 17.0 Å². The number of carbonyl (C=O) groups is 1. The third kappa shape index (κ3) is 5.31. The number of nitrogens with zero attached hydrogens (tertiary/aromatic N) is 4. The van der Waals surface area contributed by atoms with Gasteiger partial charge in [-0.3, -0.25) is 4.79 Å². The number of hydrogen-bond donors (Lipinski definition) is 0. The average Bonchev–Trinajstić information content (AvgIpc) is 2.74. The highest BCUT2D eigenvalue weighted by Gasteiger charge is 2.32. The number of amides is 1. The Morgan fingerprint density at radius 1 is 1.23 bits per heavy atom. The molecule has 3 unspecified atom stereocenters. The molecule has 1 amide bonds. The first-order valence-corrected chi connectivity index (χ1v) is 11.2. The molecule has 2 aromatic rings. The van der Waals surface area contributed by atoms with Crippen LogP contribution in [0, 0.1) is 17.1 Å². The average molecular weight is 427 g/mol. The molecule has 1 fully saturated rings. The van der Waals surface area contributed by atoms with E-state index in [0.29, 0.717) is 25.1 Å². The number of anilines is 1. The number of carbonyl (C=O) groups excluding carboxylic acids is 1. The molecular formula is C23H27FN4OS. The van der Waals surface area contributed by atoms with Crippen LogP contribution in [0.1, 0.15) is 43.6 Å². The van der Waals surface area contributed by atoms with Crippen LogP contribution in [-0.4, -0.2) is 46.7 Å². The summed E-state index contributed by atoms with van der Waals surface area (Å²) in [7, 11) is 0. The van der Waals surface area contributed by atoms with Crippen molar-refractivity contribution in [3.05, 3.63) is 59.5 Å². The number of pyridine rings is 1. The largest absolute Gasteiger partial charge is 0.348 e. The van der Waals surface area contributed by atoms with Crippen LogP contribution in [0.15, 0.2) is 42.6 Å². The smallest absolute Gasteiger partial charge is 0.223 e. The fourth-order valence-electron chi connectivity index (χ4n) is 3.89. The molecule has 0 bridgehead atoms. The molecule has 30 heavy (non-hydrogen) atoms. The third-order valence-corrected chi connectivity index (χ3v) is 6.65. The van der Waals surface area contributed by atoms with Crippen LogP contribution in [0.3, 0.4) is 0 Å². The lowest BCUT2D eigenvalue weighted by Crippen LogP contribution is -2.58. The van der Waals surface area contributed by atoms with Crippen molar-refractivity contribution < 1.29 is 9.18 Å². The fourth-order valence-corrected chi connectivity index (χ4v) is 4.89. The van der Waals surface area contributed by atoms with Crippen molar-refractivity contribution in [1.29, 1.82) is 5.26 Å². The summed E-state index contributed by atoms with van der Waals surface area (Å²) in [5.74, 6) is 1.51. The van der Waals surface area contributed by atoms with E-state index >= 15 is 0 Å². The molecular weight excluding hydrogens is 399 g/mol. The van der Waals surface area contributed by atoms with Gasteiger partial charge >= 0.3 is 0 Å². The van der Waals surface area contributed by atoms with E-state index in [0.717, 1.165) is 17.1 Å². The highest BCUT2D eigenvalue weighted by molar-refractivity contribution is 7.99. The molecule has 1 aliphatic heterocycles. The van der Waals surface area contributed by atoms with Crippen LogP contribution in [0.4, 0.5) is 10.2 Å². The molecule has 0 aliphatic carbocycles. The zero-order valence-electron chi connectivity index (χ0n) is 17.6. The van der Waals surface area contributed by atoms with Gasteiger partial charge in [0.15, 0.2) is 0 Å². The molecule has 1 saturated heterocycles. The second kappa shape index (κ2) is 9.94. The Balaban J connectivity index is 1.51. The van der Waals surface area contributed by atoms with Gasteiger partial charge in [0.1, 0.15) is 17.7 Å². The van der Waals surface area contributed by atoms with Crippen LogP contribution < -0.4 is 4.90 Å². The van der Waals surface area contributed by atoms with Gasteiger partial charge in [-0.15, -0.1) is 0 Å². The number of piperazine rings is 1. The Hall–Kier alpha value is -2.59. The maximum atomic E-state index is 13.1. The molecule has 1 aliphatic rings. The minimum absolute atomic E-state index is 0.143. The Morgan fingerprint density at radius 3 is 2.47 bits per heavy atom. The number of hydrogen-bond acceptors (Lipinski definition) is 5. The zero-order chi connectivity index (χ0) is 21.7. The number of benzene rings is 1. The van der Waals surface area contributed by atoms with E-state index in [1.807, 2.05) is 11.0 Å². The predicted octanol–water partition coefficient (Wildman–Crippen LogP) is 4.40. The molecule has 1 aromatic heterocycles. The quantitative estimate of drug-likeness (QED) is 0.685. The SMILES string of the molecule is CC(SCCC(=O)N1CC(C)N(c2ccc(C#N)cn2)C(C)C1)c1ccc(F)cc1. The molecule has 7 heteroatoms. The first kappa shape index (κ1) is 22.1. The summed E-state index contributed by atoms with van der Waals surface area (Å²) in [5.41, 5.74) is 1.61. The molecule has 0 saturated carbocycles. The van der Waals surface area contributed by atoms with Gasteiger partial charge in [-0.1, -0.05) is 12.1 Å². The number of thioether (sulfide) groups is 1. The van der Waals surface area contributed by atoms with Gasteiger partial charge in [0.2, 0.25) is 5.91 Å². The summed E-state index contributed by atoms with van der Waals surface area (Å²) in [6, 6.07) is 12.6. The summed E-state index contributed by atoms with van der Waals surface area (Å²) in [5, 5.41) is 9.17. The van der Waals surface area contributed by atoms with Gasteiger partial charge in [0, 0.05) is 48.8 Å². The molecule has 0 N–H and O–H groups in total. The van der Waals surface area contributed by atoms with E-state index in [1.165, 1.54) is 12.1 Å². The van der Waals surface area contributed by atoms with Gasteiger partial charge in [-0.25, -0.2) is 9.37 Å². The van der Waals surface area contributed by atoms with Crippen molar-refractivity contribution in [2.75, 3.05) is 23.7 Å². The standard InChI is InChI=1S/C23H27FN4OS/c1-16-14-27(15-17(2)28(16)22-9-4-19(12-25)13-26-22)23(29)10-11-30-18(3)20-5-7-21(24)8-6-20/h4-9,13,16-18H,10-11,14-15H2,1-3H3. The summed E-state index contributed by atoms with van der Waals surface area (Å²) in [6.45, 7) is 7.59. The van der Waals surface area contributed by atoms with Crippen molar-refractivity contribution in [3.8, 4) is 6.07 Å². The zero-order valence-corrected chi connectivity index (χ0v) is 18.4. The second-order valence-corrected chi connectivity index (χ2v) is 9.18. The van der Waals surface area contributed by atoms with Gasteiger partial charge in [0.25, 0.3) is 0 Å². The monoisotopic (exact) mass is 426 g/mol. The summed E-state index contributed by atoms with van der Waals surface area (Å²) in [6.07, 6.45) is 2.08. The molecule has 158 valence electrons. The molecule has 0 spiro atoms. The minimum atomic E-state index is -0.232. The summed E-state index contributed by atoms with van der Waals surface area (Å²) >= 11 is 1.71. The van der Waals surface area contributed by atoms with Gasteiger partial charge < -0.3 is 9.80 Å². The summed E-state index contributed by atoms with van der Waals surface area (Å²) < 4.78 is 13.1. The highest BCUT2D eigenvalue weighted by atomic mass is 32.2. The third-order valence-electron chi connectivity index (χ3n) is 5.44. The molecule has 1 aromatic carbocycles.